The van der Waals surface area contributed by atoms with Gasteiger partial charge in [0.15, 0.2) is 0 Å². The van der Waals surface area contributed by atoms with Gasteiger partial charge in [0.1, 0.15) is 11.6 Å². The molecule has 1 amide bonds. The molecule has 0 aromatic heterocycles. The van der Waals surface area contributed by atoms with Gasteiger partial charge in [-0.1, -0.05) is 0 Å². The van der Waals surface area contributed by atoms with Crippen LogP contribution in [0.4, 0.5) is 4.79 Å². The zero-order chi connectivity index (χ0) is 16.7. The van der Waals surface area contributed by atoms with Crippen molar-refractivity contribution in [1.29, 1.82) is 0 Å². The Bertz CT molecular complexity index is 343. The fraction of sp³-hybridized carbons (Fsp3) is 0.867. The number of rotatable bonds is 7. The maximum absolute atomic E-state index is 11.4. The molecule has 0 heterocycles. The number of carbonyl (C=O) groups excluding carboxylic acids is 1. The lowest BCUT2D eigenvalue weighted by Gasteiger charge is -2.26. The van der Waals surface area contributed by atoms with E-state index in [1.807, 2.05) is 41.5 Å². The van der Waals surface area contributed by atoms with Crippen molar-refractivity contribution < 1.29 is 19.4 Å². The van der Waals surface area contributed by atoms with Crippen LogP contribution in [0.2, 0.25) is 0 Å². The third-order valence-corrected chi connectivity index (χ3v) is 2.49. The van der Waals surface area contributed by atoms with Gasteiger partial charge in [-0.25, -0.2) is 4.79 Å². The number of alkyl carbamates (subject to hydrolysis) is 1. The molecule has 0 fully saturated rings. The number of unbranched alkanes of at least 4 members (excludes halogenated alkanes) is 1. The van der Waals surface area contributed by atoms with Crippen molar-refractivity contribution in [3.8, 4) is 0 Å². The number of aliphatic carboxylic acids is 1. The summed E-state index contributed by atoms with van der Waals surface area (Å²) in [5.74, 6) is -0.843. The number of carbonyl (C=O) groups is 2. The van der Waals surface area contributed by atoms with E-state index in [1.165, 1.54) is 0 Å². The highest BCUT2D eigenvalue weighted by molar-refractivity contribution is 5.73. The first-order valence-corrected chi connectivity index (χ1v) is 7.38. The molecule has 124 valence electrons. The molecule has 21 heavy (non-hydrogen) atoms. The van der Waals surface area contributed by atoms with Gasteiger partial charge in [-0.05, 0) is 60.8 Å². The van der Waals surface area contributed by atoms with Crippen molar-refractivity contribution in [3.05, 3.63) is 0 Å². The molecule has 0 saturated heterocycles. The van der Waals surface area contributed by atoms with Crippen molar-refractivity contribution >= 4 is 12.1 Å². The molecule has 0 bridgehead atoms. The van der Waals surface area contributed by atoms with Gasteiger partial charge in [0.25, 0.3) is 0 Å². The minimum Gasteiger partial charge on any atom is -0.480 e. The molecule has 6 heteroatoms. The van der Waals surface area contributed by atoms with Gasteiger partial charge in [0, 0.05) is 12.1 Å². The van der Waals surface area contributed by atoms with E-state index in [1.54, 1.807) is 0 Å². The molecule has 0 saturated carbocycles. The first-order chi connectivity index (χ1) is 9.41. The summed E-state index contributed by atoms with van der Waals surface area (Å²) in [5, 5.41) is 14.9. The topological polar surface area (TPSA) is 87.7 Å². The van der Waals surface area contributed by atoms with E-state index in [9.17, 15) is 9.59 Å². The van der Waals surface area contributed by atoms with Gasteiger partial charge < -0.3 is 15.2 Å². The lowest BCUT2D eigenvalue weighted by Crippen LogP contribution is -2.47. The SMILES string of the molecule is CC(C)(C)N[C@H](CCCCNC(=O)OC(C)(C)C)C(=O)O. The van der Waals surface area contributed by atoms with Crippen LogP contribution in [-0.4, -0.2) is 40.9 Å². The Hall–Kier alpha value is -1.30. The highest BCUT2D eigenvalue weighted by atomic mass is 16.6. The van der Waals surface area contributed by atoms with E-state index < -0.39 is 23.7 Å². The minimum atomic E-state index is -0.843. The van der Waals surface area contributed by atoms with Crippen molar-refractivity contribution in [3.63, 3.8) is 0 Å². The van der Waals surface area contributed by atoms with Gasteiger partial charge in [0.2, 0.25) is 0 Å². The number of carboxylic acid groups (broad SMARTS) is 1. The number of amides is 1. The van der Waals surface area contributed by atoms with Crippen molar-refractivity contribution in [1.82, 2.24) is 10.6 Å². The quantitative estimate of drug-likeness (QED) is 0.629. The molecular weight excluding hydrogens is 272 g/mol. The fourth-order valence-corrected chi connectivity index (χ4v) is 1.76. The summed E-state index contributed by atoms with van der Waals surface area (Å²) in [6.45, 7) is 11.7. The monoisotopic (exact) mass is 302 g/mol. The summed E-state index contributed by atoms with van der Waals surface area (Å²) in [6, 6.07) is -0.563. The smallest absolute Gasteiger partial charge is 0.407 e. The van der Waals surface area contributed by atoms with Gasteiger partial charge in [-0.3, -0.25) is 10.1 Å². The first-order valence-electron chi connectivity index (χ1n) is 7.38. The number of hydrogen-bond acceptors (Lipinski definition) is 4. The zero-order valence-electron chi connectivity index (χ0n) is 14.1. The zero-order valence-corrected chi connectivity index (χ0v) is 14.1. The lowest BCUT2D eigenvalue weighted by atomic mass is 10.0. The molecule has 0 unspecified atom stereocenters. The number of nitrogens with one attached hydrogen (secondary N) is 2. The summed E-state index contributed by atoms with van der Waals surface area (Å²) in [5.41, 5.74) is -0.743. The lowest BCUT2D eigenvalue weighted by molar-refractivity contribution is -0.140. The Balaban J connectivity index is 3.92. The third kappa shape index (κ3) is 12.2. The summed E-state index contributed by atoms with van der Waals surface area (Å²) in [4.78, 5) is 22.6. The summed E-state index contributed by atoms with van der Waals surface area (Å²) in [7, 11) is 0. The molecule has 6 nitrogen and oxygen atoms in total. The average Bonchev–Trinajstić information content (AvgIpc) is 2.22. The maximum Gasteiger partial charge on any atom is 0.407 e. The second kappa shape index (κ2) is 8.22. The van der Waals surface area contributed by atoms with Crippen LogP contribution in [0.15, 0.2) is 0 Å². The van der Waals surface area contributed by atoms with E-state index in [4.69, 9.17) is 9.84 Å². The minimum absolute atomic E-state index is 0.238. The van der Waals surface area contributed by atoms with E-state index in [-0.39, 0.29) is 5.54 Å². The molecule has 0 spiro atoms. The van der Waals surface area contributed by atoms with Gasteiger partial charge in [-0.15, -0.1) is 0 Å². The number of carboxylic acids is 1. The van der Waals surface area contributed by atoms with Gasteiger partial charge >= 0.3 is 12.1 Å². The molecule has 0 radical (unpaired) electrons. The molecule has 3 N–H and O–H groups in total. The Morgan fingerprint density at radius 2 is 1.67 bits per heavy atom. The van der Waals surface area contributed by atoms with E-state index in [0.29, 0.717) is 13.0 Å². The molecule has 0 rings (SSSR count). The second-order valence-electron chi connectivity index (χ2n) is 7.21. The van der Waals surface area contributed by atoms with Crippen molar-refractivity contribution in [2.75, 3.05) is 6.54 Å². The molecule has 0 aliphatic carbocycles. The van der Waals surface area contributed by atoms with Crippen LogP contribution in [-0.2, 0) is 9.53 Å². The predicted molar refractivity (Wildman–Crippen MR) is 82.4 cm³/mol. The average molecular weight is 302 g/mol. The summed E-state index contributed by atoms with van der Waals surface area (Å²) < 4.78 is 5.11. The predicted octanol–water partition coefficient (Wildman–Crippen LogP) is 2.52. The Morgan fingerprint density at radius 3 is 2.10 bits per heavy atom. The van der Waals surface area contributed by atoms with Crippen molar-refractivity contribution in [2.45, 2.75) is 78.0 Å². The van der Waals surface area contributed by atoms with E-state index >= 15 is 0 Å². The van der Waals surface area contributed by atoms with E-state index in [2.05, 4.69) is 10.6 Å². The second-order valence-corrected chi connectivity index (χ2v) is 7.21. The van der Waals surface area contributed by atoms with Gasteiger partial charge in [-0.2, -0.15) is 0 Å². The van der Waals surface area contributed by atoms with Crippen LogP contribution in [0.1, 0.15) is 60.8 Å². The van der Waals surface area contributed by atoms with Crippen LogP contribution in [0.3, 0.4) is 0 Å². The molecular formula is C15H30N2O4. The molecule has 0 aromatic carbocycles. The Kier molecular flexibility index (Phi) is 7.71. The number of hydrogen-bond donors (Lipinski definition) is 3. The normalized spacial score (nSPS) is 13.6. The Morgan fingerprint density at radius 1 is 1.10 bits per heavy atom. The highest BCUT2D eigenvalue weighted by Gasteiger charge is 2.22. The van der Waals surface area contributed by atoms with Crippen LogP contribution in [0.25, 0.3) is 0 Å². The Labute approximate surface area is 127 Å². The molecule has 0 aliphatic rings. The standard InChI is InChI=1S/C15H30N2O4/c1-14(2,3)17-11(12(18)19)9-7-8-10-16-13(20)21-15(4,5)6/h11,17H,7-10H2,1-6H3,(H,16,20)(H,18,19)/t11-/m1/s1. The van der Waals surface area contributed by atoms with Crippen LogP contribution in [0.5, 0.6) is 0 Å². The van der Waals surface area contributed by atoms with Crippen molar-refractivity contribution in [2.24, 2.45) is 0 Å². The van der Waals surface area contributed by atoms with Crippen LogP contribution in [0, 0.1) is 0 Å². The van der Waals surface area contributed by atoms with Crippen LogP contribution >= 0.6 is 0 Å². The van der Waals surface area contributed by atoms with Crippen LogP contribution < -0.4 is 10.6 Å². The molecule has 0 aliphatic heterocycles. The maximum atomic E-state index is 11.4. The number of ether oxygens (including phenoxy) is 1. The third-order valence-electron chi connectivity index (χ3n) is 2.49. The fourth-order valence-electron chi connectivity index (χ4n) is 1.76. The molecule has 0 aromatic rings. The largest absolute Gasteiger partial charge is 0.480 e. The van der Waals surface area contributed by atoms with Gasteiger partial charge in [0.05, 0.1) is 0 Å². The summed E-state index contributed by atoms with van der Waals surface area (Å²) in [6.07, 6.45) is 1.53. The summed E-state index contributed by atoms with van der Waals surface area (Å²) >= 11 is 0. The van der Waals surface area contributed by atoms with E-state index in [0.717, 1.165) is 12.8 Å². The molecule has 1 atom stereocenters. The first kappa shape index (κ1) is 19.7. The highest BCUT2D eigenvalue weighted by Crippen LogP contribution is 2.08.